The van der Waals surface area contributed by atoms with Crippen LogP contribution in [0.3, 0.4) is 0 Å². The van der Waals surface area contributed by atoms with Gasteiger partial charge in [0.25, 0.3) is 0 Å². The van der Waals surface area contributed by atoms with Crippen LogP contribution in [0.1, 0.15) is 64.4 Å². The number of rotatable bonds is 11. The number of primary amides is 1. The molecule has 0 aromatic heterocycles. The smallest absolute Gasteiger partial charge is 0.240 e. The summed E-state index contributed by atoms with van der Waals surface area (Å²) in [7, 11) is -2.89. The monoisotopic (exact) mass is 394 g/mol. The first-order valence-corrected chi connectivity index (χ1v) is 11.9. The molecule has 1 aliphatic rings. The minimum atomic E-state index is -2.89. The van der Waals surface area contributed by atoms with Crippen molar-refractivity contribution in [1.29, 1.82) is 0 Å². The zero-order chi connectivity index (χ0) is 19.9. The van der Waals surface area contributed by atoms with E-state index in [1.807, 2.05) is 0 Å². The molecule has 2 rings (SSSR count). The molecule has 27 heavy (non-hydrogen) atoms. The highest BCUT2D eigenvalue weighted by molar-refractivity contribution is 7.91. The Morgan fingerprint density at radius 2 is 1.74 bits per heavy atom. The fraction of sp³-hybridized carbons (Fsp3) is 0.667. The third-order valence-electron chi connectivity index (χ3n) is 5.46. The second-order valence-corrected chi connectivity index (χ2v) is 10.5. The van der Waals surface area contributed by atoms with E-state index in [9.17, 15) is 13.2 Å². The highest BCUT2D eigenvalue weighted by Gasteiger charge is 2.28. The van der Waals surface area contributed by atoms with E-state index < -0.39 is 9.84 Å². The molecule has 1 fully saturated rings. The summed E-state index contributed by atoms with van der Waals surface area (Å²) in [6.45, 7) is 4.39. The van der Waals surface area contributed by atoms with Gasteiger partial charge in [-0.25, -0.2) is 8.42 Å². The van der Waals surface area contributed by atoms with E-state index in [-0.39, 0.29) is 17.2 Å². The van der Waals surface area contributed by atoms with Gasteiger partial charge < -0.3 is 10.6 Å². The minimum absolute atomic E-state index is 0.171. The van der Waals surface area contributed by atoms with Crippen molar-refractivity contribution >= 4 is 21.4 Å². The Morgan fingerprint density at radius 1 is 1.11 bits per heavy atom. The normalized spacial score (nSPS) is 17.6. The molecule has 0 unspecified atom stereocenters. The van der Waals surface area contributed by atoms with E-state index in [0.717, 1.165) is 63.6 Å². The molecule has 1 aromatic rings. The quantitative estimate of drug-likeness (QED) is 0.583. The lowest BCUT2D eigenvalue weighted by atomic mass is 10.0. The molecule has 0 aliphatic carbocycles. The molecule has 152 valence electrons. The molecule has 1 saturated heterocycles. The summed E-state index contributed by atoms with van der Waals surface area (Å²) < 4.78 is 23.5. The number of amides is 1. The van der Waals surface area contributed by atoms with Gasteiger partial charge in [-0.05, 0) is 63.6 Å². The maximum atomic E-state index is 11.8. The molecule has 1 heterocycles. The van der Waals surface area contributed by atoms with Gasteiger partial charge in [0.2, 0.25) is 5.91 Å². The first-order chi connectivity index (χ1) is 12.8. The molecule has 1 atom stereocenters. The Bertz CT molecular complexity index is 699. The van der Waals surface area contributed by atoms with Gasteiger partial charge >= 0.3 is 0 Å². The average molecular weight is 395 g/mol. The molecule has 0 saturated carbocycles. The van der Waals surface area contributed by atoms with Gasteiger partial charge in [0.15, 0.2) is 9.84 Å². The van der Waals surface area contributed by atoms with E-state index in [1.165, 1.54) is 5.56 Å². The van der Waals surface area contributed by atoms with Crippen molar-refractivity contribution in [2.45, 2.75) is 76.5 Å². The summed E-state index contributed by atoms with van der Waals surface area (Å²) in [5, 5.41) is -0.265. The van der Waals surface area contributed by atoms with Gasteiger partial charge in [-0.15, -0.1) is 0 Å². The first kappa shape index (κ1) is 21.7. The lowest BCUT2D eigenvalue weighted by Gasteiger charge is -2.24. The number of sulfone groups is 1. The van der Waals surface area contributed by atoms with E-state index in [0.29, 0.717) is 5.75 Å². The molecule has 6 heteroatoms. The molecule has 1 aliphatic heterocycles. The number of hydrogen-bond donors (Lipinski definition) is 1. The van der Waals surface area contributed by atoms with E-state index in [4.69, 9.17) is 5.73 Å². The average Bonchev–Trinajstić information content (AvgIpc) is 3.11. The topological polar surface area (TPSA) is 80.5 Å². The third kappa shape index (κ3) is 6.52. The zero-order valence-electron chi connectivity index (χ0n) is 16.7. The summed E-state index contributed by atoms with van der Waals surface area (Å²) in [4.78, 5) is 13.6. The number of aryl methyl sites for hydroxylation is 1. The minimum Gasteiger partial charge on any atom is -0.368 e. The number of unbranched alkanes of at least 4 members (excludes halogenated alkanes) is 4. The number of carbonyl (C=O) groups is 1. The van der Waals surface area contributed by atoms with Gasteiger partial charge in [-0.1, -0.05) is 31.4 Å². The summed E-state index contributed by atoms with van der Waals surface area (Å²) >= 11 is 0. The predicted molar refractivity (Wildman–Crippen MR) is 112 cm³/mol. The molecular formula is C21H34N2O3S. The van der Waals surface area contributed by atoms with Crippen molar-refractivity contribution in [2.24, 2.45) is 5.73 Å². The van der Waals surface area contributed by atoms with Crippen LogP contribution in [-0.4, -0.2) is 37.9 Å². The molecule has 0 radical (unpaired) electrons. The Kier molecular flexibility index (Phi) is 8.14. The van der Waals surface area contributed by atoms with Crippen LogP contribution in [0.2, 0.25) is 0 Å². The summed E-state index contributed by atoms with van der Waals surface area (Å²) in [5.74, 6) is 0.0762. The molecule has 2 N–H and O–H groups in total. The number of hydrogen-bond acceptors (Lipinski definition) is 4. The van der Waals surface area contributed by atoms with Crippen molar-refractivity contribution in [2.75, 3.05) is 17.2 Å². The van der Waals surface area contributed by atoms with Gasteiger partial charge in [0.1, 0.15) is 6.04 Å². The van der Waals surface area contributed by atoms with Crippen LogP contribution in [0.25, 0.3) is 0 Å². The zero-order valence-corrected chi connectivity index (χ0v) is 17.5. The van der Waals surface area contributed by atoms with E-state index >= 15 is 0 Å². The Hall–Kier alpha value is -1.56. The van der Waals surface area contributed by atoms with Crippen LogP contribution in [0.15, 0.2) is 24.3 Å². The van der Waals surface area contributed by atoms with Crippen molar-refractivity contribution in [3.05, 3.63) is 29.8 Å². The number of nitrogens with zero attached hydrogens (tertiary/aromatic N) is 1. The third-order valence-corrected chi connectivity index (χ3v) is 7.76. The Morgan fingerprint density at radius 3 is 2.37 bits per heavy atom. The number of carbonyl (C=O) groups excluding carboxylic acids is 1. The molecule has 1 aromatic carbocycles. The van der Waals surface area contributed by atoms with E-state index in [1.54, 1.807) is 13.8 Å². The van der Waals surface area contributed by atoms with Gasteiger partial charge in [-0.3, -0.25) is 4.79 Å². The van der Waals surface area contributed by atoms with Crippen LogP contribution >= 0.6 is 0 Å². The van der Waals surface area contributed by atoms with Crippen LogP contribution in [-0.2, 0) is 21.1 Å². The van der Waals surface area contributed by atoms with Crippen LogP contribution in [0.4, 0.5) is 5.69 Å². The van der Waals surface area contributed by atoms with Crippen molar-refractivity contribution < 1.29 is 13.2 Å². The van der Waals surface area contributed by atoms with Crippen molar-refractivity contribution in [1.82, 2.24) is 0 Å². The predicted octanol–water partition coefficient (Wildman–Crippen LogP) is 3.46. The maximum Gasteiger partial charge on any atom is 0.240 e. The first-order valence-electron chi connectivity index (χ1n) is 10.2. The van der Waals surface area contributed by atoms with Gasteiger partial charge in [0.05, 0.1) is 11.0 Å². The summed E-state index contributed by atoms with van der Waals surface area (Å²) in [6.07, 6.45) is 7.96. The fourth-order valence-corrected chi connectivity index (χ4v) is 4.70. The standard InChI is InChI=1S/C21H34N2O3S/c1-17(2)27(25,26)16-7-5-3-4-6-9-18-11-13-19(14-12-18)23-15-8-10-20(23)21(22)24/h11-14,17,20H,3-10,15-16H2,1-2H3,(H2,22,24)/t20-/m0/s1. The highest BCUT2D eigenvalue weighted by Crippen LogP contribution is 2.26. The lowest BCUT2D eigenvalue weighted by Crippen LogP contribution is -2.40. The molecule has 1 amide bonds. The second kappa shape index (κ2) is 10.1. The molecule has 0 spiro atoms. The number of anilines is 1. The lowest BCUT2D eigenvalue weighted by molar-refractivity contribution is -0.119. The Balaban J connectivity index is 1.67. The second-order valence-electron chi connectivity index (χ2n) is 7.85. The fourth-order valence-electron chi connectivity index (χ4n) is 3.62. The Labute approximate surface area is 164 Å². The molecular weight excluding hydrogens is 360 g/mol. The summed E-state index contributed by atoms with van der Waals surface area (Å²) in [6, 6.07) is 8.29. The summed E-state index contributed by atoms with van der Waals surface area (Å²) in [5.41, 5.74) is 7.87. The van der Waals surface area contributed by atoms with Gasteiger partial charge in [-0.2, -0.15) is 0 Å². The van der Waals surface area contributed by atoms with Crippen LogP contribution in [0.5, 0.6) is 0 Å². The van der Waals surface area contributed by atoms with Crippen molar-refractivity contribution in [3.63, 3.8) is 0 Å². The molecule has 0 bridgehead atoms. The largest absolute Gasteiger partial charge is 0.368 e. The molecule has 5 nitrogen and oxygen atoms in total. The van der Waals surface area contributed by atoms with Crippen LogP contribution < -0.4 is 10.6 Å². The number of benzene rings is 1. The maximum absolute atomic E-state index is 11.8. The highest BCUT2D eigenvalue weighted by atomic mass is 32.2. The van der Waals surface area contributed by atoms with Gasteiger partial charge in [0, 0.05) is 12.2 Å². The van der Waals surface area contributed by atoms with Crippen molar-refractivity contribution in [3.8, 4) is 0 Å². The van der Waals surface area contributed by atoms with E-state index in [2.05, 4.69) is 29.2 Å². The number of nitrogens with two attached hydrogens (primary N) is 1. The van der Waals surface area contributed by atoms with Crippen LogP contribution in [0, 0.1) is 0 Å². The SMILES string of the molecule is CC(C)S(=O)(=O)CCCCCCCc1ccc(N2CCC[C@H]2C(N)=O)cc1.